The molecule has 22 heavy (non-hydrogen) atoms. The number of hydrogen-bond acceptors (Lipinski definition) is 6. The third-order valence-corrected chi connectivity index (χ3v) is 2.67. The van der Waals surface area contributed by atoms with E-state index in [-0.39, 0.29) is 23.4 Å². The minimum Gasteiger partial charge on any atom is -0.368 e. The van der Waals surface area contributed by atoms with Gasteiger partial charge in [-0.05, 0) is 24.3 Å². The number of anilines is 3. The highest BCUT2D eigenvalue weighted by Crippen LogP contribution is 2.19. The fourth-order valence-electron chi connectivity index (χ4n) is 1.81. The molecule has 0 bridgehead atoms. The Balaban J connectivity index is 1.96. The largest absolute Gasteiger partial charge is 0.368 e. The lowest BCUT2D eigenvalue weighted by Gasteiger charge is -2.07. The van der Waals surface area contributed by atoms with Gasteiger partial charge in [0.2, 0.25) is 11.9 Å². The van der Waals surface area contributed by atoms with Crippen molar-refractivity contribution in [1.82, 2.24) is 19.9 Å². The van der Waals surface area contributed by atoms with E-state index in [1.165, 1.54) is 0 Å². The molecule has 0 saturated carbocycles. The van der Waals surface area contributed by atoms with Crippen LogP contribution in [0.15, 0.2) is 42.6 Å². The zero-order valence-corrected chi connectivity index (χ0v) is 11.2. The lowest BCUT2D eigenvalue weighted by molar-refractivity contribution is 0.584. The number of nitrogens with two attached hydrogens (primary N) is 1. The second-order valence-electron chi connectivity index (χ2n) is 4.34. The van der Waals surface area contributed by atoms with Crippen LogP contribution in [0.25, 0.3) is 11.5 Å². The Kier molecular flexibility index (Phi) is 3.57. The van der Waals surface area contributed by atoms with Gasteiger partial charge >= 0.3 is 0 Å². The van der Waals surface area contributed by atoms with Gasteiger partial charge in [-0.25, -0.2) is 8.78 Å². The molecule has 0 atom stereocenters. The van der Waals surface area contributed by atoms with E-state index in [4.69, 9.17) is 5.73 Å². The number of rotatable bonds is 3. The van der Waals surface area contributed by atoms with E-state index < -0.39 is 11.6 Å². The maximum Gasteiger partial charge on any atom is 0.232 e. The minimum atomic E-state index is -0.713. The van der Waals surface area contributed by atoms with E-state index in [0.29, 0.717) is 5.69 Å². The Morgan fingerprint density at radius 1 is 0.955 bits per heavy atom. The highest BCUT2D eigenvalue weighted by molar-refractivity contribution is 5.58. The van der Waals surface area contributed by atoms with Gasteiger partial charge in [-0.2, -0.15) is 15.0 Å². The number of benzene rings is 1. The molecule has 0 unspecified atom stereocenters. The van der Waals surface area contributed by atoms with E-state index in [1.807, 2.05) is 0 Å². The van der Waals surface area contributed by atoms with Gasteiger partial charge in [0.05, 0.1) is 0 Å². The van der Waals surface area contributed by atoms with E-state index in [1.54, 1.807) is 24.4 Å². The number of hydrogen-bond donors (Lipinski definition) is 2. The molecule has 6 nitrogen and oxygen atoms in total. The van der Waals surface area contributed by atoms with Crippen LogP contribution in [0.3, 0.4) is 0 Å². The van der Waals surface area contributed by atoms with Gasteiger partial charge in [-0.15, -0.1) is 0 Å². The van der Waals surface area contributed by atoms with Crippen LogP contribution in [-0.2, 0) is 0 Å². The Morgan fingerprint density at radius 2 is 1.73 bits per heavy atom. The van der Waals surface area contributed by atoms with E-state index in [0.717, 1.165) is 18.2 Å². The van der Waals surface area contributed by atoms with Gasteiger partial charge in [-0.3, -0.25) is 4.98 Å². The third kappa shape index (κ3) is 3.11. The van der Waals surface area contributed by atoms with Gasteiger partial charge in [0.15, 0.2) is 5.82 Å². The normalized spacial score (nSPS) is 10.5. The summed E-state index contributed by atoms with van der Waals surface area (Å²) in [5, 5.41) is 2.69. The molecule has 3 rings (SSSR count). The summed E-state index contributed by atoms with van der Waals surface area (Å²) in [6.07, 6.45) is 1.59. The summed E-state index contributed by atoms with van der Waals surface area (Å²) in [7, 11) is 0. The molecule has 0 amide bonds. The summed E-state index contributed by atoms with van der Waals surface area (Å²) in [5.41, 5.74) is 6.30. The summed E-state index contributed by atoms with van der Waals surface area (Å²) >= 11 is 0. The van der Waals surface area contributed by atoms with Crippen molar-refractivity contribution in [3.63, 3.8) is 0 Å². The van der Waals surface area contributed by atoms with Crippen molar-refractivity contribution in [2.75, 3.05) is 11.1 Å². The standard InChI is InChI=1S/C14H10F2N6/c15-8-5-9(16)7-10(6-8)19-14-21-12(20-13(17)22-14)11-3-1-2-4-18-11/h1-7H,(H3,17,19,20,21,22). The van der Waals surface area contributed by atoms with Crippen LogP contribution in [0.4, 0.5) is 26.4 Å². The summed E-state index contributed by atoms with van der Waals surface area (Å²) in [5.74, 6) is -1.13. The van der Waals surface area contributed by atoms with Crippen molar-refractivity contribution in [2.45, 2.75) is 0 Å². The van der Waals surface area contributed by atoms with Crippen LogP contribution in [0.2, 0.25) is 0 Å². The lowest BCUT2D eigenvalue weighted by atomic mass is 10.3. The van der Waals surface area contributed by atoms with Gasteiger partial charge in [0.25, 0.3) is 0 Å². The van der Waals surface area contributed by atoms with Gasteiger partial charge in [-0.1, -0.05) is 6.07 Å². The average molecular weight is 300 g/mol. The number of nitrogens with one attached hydrogen (secondary N) is 1. The molecule has 0 aliphatic heterocycles. The molecule has 0 aliphatic carbocycles. The summed E-state index contributed by atoms with van der Waals surface area (Å²) in [6, 6.07) is 8.24. The van der Waals surface area contributed by atoms with Crippen LogP contribution >= 0.6 is 0 Å². The summed E-state index contributed by atoms with van der Waals surface area (Å²) in [4.78, 5) is 16.1. The SMILES string of the molecule is Nc1nc(Nc2cc(F)cc(F)c2)nc(-c2ccccn2)n1. The topological polar surface area (TPSA) is 89.6 Å². The monoisotopic (exact) mass is 300 g/mol. The Labute approximate surface area is 124 Å². The van der Waals surface area contributed by atoms with Crippen LogP contribution in [0, 0.1) is 11.6 Å². The quantitative estimate of drug-likeness (QED) is 0.772. The molecule has 0 spiro atoms. The zero-order valence-electron chi connectivity index (χ0n) is 11.2. The zero-order chi connectivity index (χ0) is 15.5. The summed E-state index contributed by atoms with van der Waals surface area (Å²) in [6.45, 7) is 0. The third-order valence-electron chi connectivity index (χ3n) is 2.67. The molecule has 2 aromatic heterocycles. The molecule has 110 valence electrons. The second kappa shape index (κ2) is 5.68. The molecular weight excluding hydrogens is 290 g/mol. The maximum absolute atomic E-state index is 13.2. The van der Waals surface area contributed by atoms with Crippen molar-refractivity contribution in [2.24, 2.45) is 0 Å². The lowest BCUT2D eigenvalue weighted by Crippen LogP contribution is -2.05. The van der Waals surface area contributed by atoms with Crippen LogP contribution in [0.1, 0.15) is 0 Å². The van der Waals surface area contributed by atoms with Crippen LogP contribution in [0.5, 0.6) is 0 Å². The number of aromatic nitrogens is 4. The number of pyridine rings is 1. The molecule has 3 aromatic rings. The Bertz CT molecular complexity index is 789. The molecule has 2 heterocycles. The van der Waals surface area contributed by atoms with Gasteiger partial charge < -0.3 is 11.1 Å². The minimum absolute atomic E-state index is 0.0324. The smallest absolute Gasteiger partial charge is 0.232 e. The number of nitrogens with zero attached hydrogens (tertiary/aromatic N) is 4. The average Bonchev–Trinajstić information content (AvgIpc) is 2.46. The van der Waals surface area contributed by atoms with Crippen molar-refractivity contribution in [1.29, 1.82) is 0 Å². The number of nitrogen functional groups attached to an aromatic ring is 1. The van der Waals surface area contributed by atoms with E-state index >= 15 is 0 Å². The Hall–Kier alpha value is -3.16. The van der Waals surface area contributed by atoms with Crippen LogP contribution < -0.4 is 11.1 Å². The van der Waals surface area contributed by atoms with E-state index in [2.05, 4.69) is 25.3 Å². The first-order valence-corrected chi connectivity index (χ1v) is 6.26. The summed E-state index contributed by atoms with van der Waals surface area (Å²) < 4.78 is 26.4. The highest BCUT2D eigenvalue weighted by atomic mass is 19.1. The van der Waals surface area contributed by atoms with Crippen molar-refractivity contribution >= 4 is 17.6 Å². The molecule has 0 radical (unpaired) electrons. The van der Waals surface area contributed by atoms with Crippen LogP contribution in [-0.4, -0.2) is 19.9 Å². The van der Waals surface area contributed by atoms with Crippen molar-refractivity contribution in [3.8, 4) is 11.5 Å². The van der Waals surface area contributed by atoms with Gasteiger partial charge in [0.1, 0.15) is 17.3 Å². The van der Waals surface area contributed by atoms with E-state index in [9.17, 15) is 8.78 Å². The Morgan fingerprint density at radius 3 is 2.41 bits per heavy atom. The molecule has 3 N–H and O–H groups in total. The first-order chi connectivity index (χ1) is 10.6. The molecule has 1 aromatic carbocycles. The predicted octanol–water partition coefficient (Wildman–Crippen LogP) is 2.54. The fraction of sp³-hybridized carbons (Fsp3) is 0. The first-order valence-electron chi connectivity index (χ1n) is 6.26. The predicted molar refractivity (Wildman–Crippen MR) is 77.1 cm³/mol. The van der Waals surface area contributed by atoms with Gasteiger partial charge in [0, 0.05) is 18.0 Å². The highest BCUT2D eigenvalue weighted by Gasteiger charge is 2.09. The molecule has 0 fully saturated rings. The number of halogens is 2. The fourth-order valence-corrected chi connectivity index (χ4v) is 1.81. The maximum atomic E-state index is 13.2. The van der Waals surface area contributed by atoms with Crippen molar-refractivity contribution in [3.05, 3.63) is 54.2 Å². The molecule has 0 saturated heterocycles. The molecular formula is C14H10F2N6. The molecule has 8 heteroatoms. The van der Waals surface area contributed by atoms with Crippen molar-refractivity contribution < 1.29 is 8.78 Å². The second-order valence-corrected chi connectivity index (χ2v) is 4.34. The first kappa shape index (κ1) is 13.8. The molecule has 0 aliphatic rings.